The highest BCUT2D eigenvalue weighted by Gasteiger charge is 2.68. The fourth-order valence-corrected chi connectivity index (χ4v) is 5.51. The van der Waals surface area contributed by atoms with Crippen molar-refractivity contribution in [2.24, 2.45) is 11.8 Å². The Bertz CT molecular complexity index is 1010. The van der Waals surface area contributed by atoms with Gasteiger partial charge in [0.15, 0.2) is 6.04 Å². The fraction of sp³-hybridized carbons (Fsp3) is 0.318. The van der Waals surface area contributed by atoms with E-state index in [4.69, 9.17) is 11.6 Å². The highest BCUT2D eigenvalue weighted by Crippen LogP contribution is 2.40. The van der Waals surface area contributed by atoms with Crippen LogP contribution in [0.5, 0.6) is 0 Å². The zero-order chi connectivity index (χ0) is 20.3. The molecule has 2 aromatic rings. The van der Waals surface area contributed by atoms with Crippen molar-refractivity contribution in [1.82, 2.24) is 0 Å². The molecule has 5 atom stereocenters. The number of quaternary nitrogens is 1. The molecule has 0 spiro atoms. The summed E-state index contributed by atoms with van der Waals surface area (Å²) in [4.78, 5) is 42.2. The number of anilines is 1. The minimum absolute atomic E-state index is 0.0388. The molecule has 2 amide bonds. The lowest BCUT2D eigenvalue weighted by Crippen LogP contribution is -3.16. The lowest BCUT2D eigenvalue weighted by atomic mass is 9.85. The number of halogens is 2. The average molecular weight is 414 g/mol. The Kier molecular flexibility index (Phi) is 4.29. The Hall–Kier alpha value is -2.57. The normalized spacial score (nSPS) is 30.6. The number of Topliss-reactive ketones (excluding diaryl/α,β-unsaturated/α-hetero) is 1. The molecule has 0 radical (unpaired) electrons. The summed E-state index contributed by atoms with van der Waals surface area (Å²) in [5.74, 6) is -2.39. The Morgan fingerprint density at radius 1 is 1.00 bits per heavy atom. The summed E-state index contributed by atoms with van der Waals surface area (Å²) in [6.07, 6.45) is 1.74. The van der Waals surface area contributed by atoms with Gasteiger partial charge in [-0.1, -0.05) is 11.6 Å². The highest BCUT2D eigenvalue weighted by atomic mass is 35.5. The van der Waals surface area contributed by atoms with Gasteiger partial charge in [-0.15, -0.1) is 0 Å². The number of fused-ring (bicyclic) bond motifs is 3. The summed E-state index contributed by atoms with van der Waals surface area (Å²) in [5.41, 5.74) is 0.853. The Balaban J connectivity index is 1.54. The largest absolute Gasteiger partial charge is 0.322 e. The van der Waals surface area contributed by atoms with Gasteiger partial charge in [0.05, 0.1) is 12.2 Å². The number of nitrogens with zero attached hydrogens (tertiary/aromatic N) is 1. The molecule has 3 aliphatic rings. The number of carbonyl (C=O) groups excluding carboxylic acids is 3. The van der Waals surface area contributed by atoms with Crippen molar-refractivity contribution in [1.29, 1.82) is 0 Å². The third-order valence-corrected chi connectivity index (χ3v) is 6.79. The van der Waals surface area contributed by atoms with E-state index in [1.165, 1.54) is 24.3 Å². The number of benzene rings is 2. The third-order valence-electron chi connectivity index (χ3n) is 6.54. The second-order valence-electron chi connectivity index (χ2n) is 7.96. The molecular formula is C22H19ClFN2O3+. The molecule has 1 unspecified atom stereocenters. The first-order valence-corrected chi connectivity index (χ1v) is 10.1. The van der Waals surface area contributed by atoms with Gasteiger partial charge in [0, 0.05) is 23.4 Å². The summed E-state index contributed by atoms with van der Waals surface area (Å²) in [6, 6.07) is 11.3. The third kappa shape index (κ3) is 2.74. The van der Waals surface area contributed by atoms with Gasteiger partial charge in [-0.25, -0.2) is 9.29 Å². The predicted molar refractivity (Wildman–Crippen MR) is 104 cm³/mol. The number of imide groups is 1. The first-order chi connectivity index (χ1) is 14.0. The zero-order valence-electron chi connectivity index (χ0n) is 15.5. The minimum atomic E-state index is -0.684. The summed E-state index contributed by atoms with van der Waals surface area (Å²) < 4.78 is 13.3. The van der Waals surface area contributed by atoms with Crippen LogP contribution in [-0.2, 0) is 9.59 Å². The van der Waals surface area contributed by atoms with Gasteiger partial charge >= 0.3 is 0 Å². The molecule has 0 aromatic heterocycles. The number of nitrogens with one attached hydrogen (secondary N) is 1. The Morgan fingerprint density at radius 3 is 2.34 bits per heavy atom. The molecule has 0 aliphatic carbocycles. The van der Waals surface area contributed by atoms with E-state index in [0.29, 0.717) is 16.3 Å². The highest BCUT2D eigenvalue weighted by molar-refractivity contribution is 6.30. The maximum absolute atomic E-state index is 13.4. The Morgan fingerprint density at radius 2 is 1.66 bits per heavy atom. The Labute approximate surface area is 172 Å². The molecule has 7 heteroatoms. The van der Waals surface area contributed by atoms with Gasteiger partial charge in [0.2, 0.25) is 17.6 Å². The maximum Gasteiger partial charge on any atom is 0.244 e. The average Bonchev–Trinajstić information content (AvgIpc) is 3.35. The molecule has 148 valence electrons. The standard InChI is InChI=1S/C22H18ClFN2O3/c23-13-5-3-12(4-6-13)20(27)19-18-17(16-2-1-11-25(16)19)21(28)26(22(18)29)15-9-7-14(24)8-10-15/h3-10,16-19H,1-2,11H2/p+1/t16-,17-,18+,19+/m1/s1. The van der Waals surface area contributed by atoms with Crippen LogP contribution in [0.15, 0.2) is 48.5 Å². The molecular weight excluding hydrogens is 395 g/mol. The second-order valence-corrected chi connectivity index (χ2v) is 8.40. The van der Waals surface area contributed by atoms with E-state index in [-0.39, 0.29) is 23.6 Å². The van der Waals surface area contributed by atoms with E-state index in [1.54, 1.807) is 24.3 Å². The summed E-state index contributed by atoms with van der Waals surface area (Å²) in [7, 11) is 0. The van der Waals surface area contributed by atoms with E-state index in [0.717, 1.165) is 29.2 Å². The van der Waals surface area contributed by atoms with Gasteiger partial charge in [-0.3, -0.25) is 14.4 Å². The molecule has 3 heterocycles. The lowest BCUT2D eigenvalue weighted by Gasteiger charge is -2.25. The number of hydrogen-bond acceptors (Lipinski definition) is 3. The second kappa shape index (κ2) is 6.75. The van der Waals surface area contributed by atoms with Crippen LogP contribution in [0.2, 0.25) is 5.02 Å². The van der Waals surface area contributed by atoms with Crippen molar-refractivity contribution in [3.63, 3.8) is 0 Å². The van der Waals surface area contributed by atoms with Crippen molar-refractivity contribution in [3.05, 3.63) is 64.9 Å². The number of hydrogen-bond donors (Lipinski definition) is 1. The molecule has 0 bridgehead atoms. The quantitative estimate of drug-likeness (QED) is 0.617. The monoisotopic (exact) mass is 413 g/mol. The van der Waals surface area contributed by atoms with Crippen molar-refractivity contribution in [3.8, 4) is 0 Å². The van der Waals surface area contributed by atoms with Crippen molar-refractivity contribution in [2.45, 2.75) is 24.9 Å². The van der Waals surface area contributed by atoms with Crippen LogP contribution >= 0.6 is 11.6 Å². The van der Waals surface area contributed by atoms with Crippen LogP contribution < -0.4 is 9.80 Å². The van der Waals surface area contributed by atoms with E-state index in [9.17, 15) is 18.8 Å². The molecule has 29 heavy (non-hydrogen) atoms. The fourth-order valence-electron chi connectivity index (χ4n) is 5.38. The van der Waals surface area contributed by atoms with Crippen LogP contribution in [-0.4, -0.2) is 36.2 Å². The van der Waals surface area contributed by atoms with Gasteiger partial charge in [0.1, 0.15) is 23.7 Å². The van der Waals surface area contributed by atoms with Crippen molar-refractivity contribution < 1.29 is 23.7 Å². The van der Waals surface area contributed by atoms with Gasteiger partial charge < -0.3 is 4.90 Å². The van der Waals surface area contributed by atoms with E-state index < -0.39 is 23.7 Å². The maximum atomic E-state index is 13.4. The predicted octanol–water partition coefficient (Wildman–Crippen LogP) is 1.90. The van der Waals surface area contributed by atoms with Crippen LogP contribution in [0.3, 0.4) is 0 Å². The lowest BCUT2D eigenvalue weighted by molar-refractivity contribution is -0.915. The summed E-state index contributed by atoms with van der Waals surface area (Å²) in [6.45, 7) is 0.777. The number of rotatable bonds is 3. The van der Waals surface area contributed by atoms with Crippen LogP contribution in [0, 0.1) is 17.7 Å². The molecule has 2 aromatic carbocycles. The molecule has 3 saturated heterocycles. The molecule has 3 fully saturated rings. The van der Waals surface area contributed by atoms with E-state index in [2.05, 4.69) is 0 Å². The zero-order valence-corrected chi connectivity index (χ0v) is 16.2. The summed E-state index contributed by atoms with van der Waals surface area (Å²) in [5, 5.41) is 0.534. The molecule has 1 N–H and O–H groups in total. The number of carbonyl (C=O) groups is 3. The molecule has 0 saturated carbocycles. The SMILES string of the molecule is O=C(c1ccc(Cl)cc1)[C@@H]1[C@H]2C(=O)N(c3ccc(F)cc3)C(=O)[C@@H]2[C@H]2CCC[NH+]21. The van der Waals surface area contributed by atoms with Gasteiger partial charge in [-0.05, 0) is 48.5 Å². The van der Waals surface area contributed by atoms with Gasteiger partial charge in [0.25, 0.3) is 0 Å². The van der Waals surface area contributed by atoms with Crippen molar-refractivity contribution in [2.75, 3.05) is 11.4 Å². The van der Waals surface area contributed by atoms with E-state index in [1.807, 2.05) is 0 Å². The van der Waals surface area contributed by atoms with Gasteiger partial charge in [-0.2, -0.15) is 0 Å². The van der Waals surface area contributed by atoms with Crippen LogP contribution in [0.25, 0.3) is 0 Å². The molecule has 5 nitrogen and oxygen atoms in total. The number of ketones is 1. The first kappa shape index (κ1) is 18.5. The van der Waals surface area contributed by atoms with Crippen molar-refractivity contribution >= 4 is 34.9 Å². The first-order valence-electron chi connectivity index (χ1n) is 9.76. The van der Waals surface area contributed by atoms with Crippen LogP contribution in [0.1, 0.15) is 23.2 Å². The smallest absolute Gasteiger partial charge is 0.244 e. The summed E-state index contributed by atoms with van der Waals surface area (Å²) >= 11 is 5.95. The number of amides is 2. The molecule has 5 rings (SSSR count). The van der Waals surface area contributed by atoms with Crippen LogP contribution in [0.4, 0.5) is 10.1 Å². The molecule has 3 aliphatic heterocycles. The van der Waals surface area contributed by atoms with E-state index >= 15 is 0 Å². The minimum Gasteiger partial charge on any atom is -0.322 e. The topological polar surface area (TPSA) is 58.9 Å².